The van der Waals surface area contributed by atoms with E-state index in [9.17, 15) is 14.4 Å². The third-order valence-electron chi connectivity index (χ3n) is 5.15. The molecule has 0 unspecified atom stereocenters. The monoisotopic (exact) mass is 417 g/mol. The number of benzene rings is 1. The van der Waals surface area contributed by atoms with Gasteiger partial charge in [0.25, 0.3) is 0 Å². The summed E-state index contributed by atoms with van der Waals surface area (Å²) in [6.45, 7) is 8.60. The van der Waals surface area contributed by atoms with Crippen molar-refractivity contribution in [2.75, 3.05) is 39.3 Å². The van der Waals surface area contributed by atoms with Crippen molar-refractivity contribution in [1.29, 1.82) is 0 Å². The van der Waals surface area contributed by atoms with Gasteiger partial charge < -0.3 is 24.2 Å². The van der Waals surface area contributed by atoms with E-state index in [-0.39, 0.29) is 24.5 Å². The van der Waals surface area contributed by atoms with Gasteiger partial charge in [-0.1, -0.05) is 30.3 Å². The van der Waals surface area contributed by atoms with Gasteiger partial charge in [0, 0.05) is 39.3 Å². The number of hydrogen-bond acceptors (Lipinski definition) is 5. The Morgan fingerprint density at radius 3 is 2.20 bits per heavy atom. The number of nitrogens with zero attached hydrogens (tertiary/aromatic N) is 3. The van der Waals surface area contributed by atoms with Crippen LogP contribution in [0.3, 0.4) is 0 Å². The first-order valence-electron chi connectivity index (χ1n) is 10.5. The Morgan fingerprint density at radius 2 is 1.53 bits per heavy atom. The predicted molar refractivity (Wildman–Crippen MR) is 111 cm³/mol. The average Bonchev–Trinajstić information content (AvgIpc) is 2.91. The lowest BCUT2D eigenvalue weighted by atomic mass is 9.99. The van der Waals surface area contributed by atoms with Gasteiger partial charge >= 0.3 is 12.2 Å². The van der Waals surface area contributed by atoms with Crippen LogP contribution in [0, 0.1) is 5.92 Å². The Balaban J connectivity index is 1.41. The molecule has 0 spiro atoms. The van der Waals surface area contributed by atoms with Gasteiger partial charge in [-0.2, -0.15) is 0 Å². The number of amides is 3. The zero-order chi connectivity index (χ0) is 21.7. The fourth-order valence-corrected chi connectivity index (χ4v) is 3.50. The molecule has 8 nitrogen and oxygen atoms in total. The summed E-state index contributed by atoms with van der Waals surface area (Å²) in [6, 6.07) is 9.50. The smallest absolute Gasteiger partial charge is 0.410 e. The second kappa shape index (κ2) is 9.36. The lowest BCUT2D eigenvalue weighted by Gasteiger charge is -2.39. The Bertz CT molecular complexity index is 756. The van der Waals surface area contributed by atoms with Crippen LogP contribution in [0.5, 0.6) is 0 Å². The molecule has 0 N–H and O–H groups in total. The molecule has 2 aliphatic rings. The summed E-state index contributed by atoms with van der Waals surface area (Å²) in [6.07, 6.45) is -0.0248. The predicted octanol–water partition coefficient (Wildman–Crippen LogP) is 2.72. The van der Waals surface area contributed by atoms with Gasteiger partial charge in [0.2, 0.25) is 5.91 Å². The minimum absolute atomic E-state index is 0.0353. The van der Waals surface area contributed by atoms with Crippen LogP contribution >= 0.6 is 0 Å². The standard InChI is InChI=1S/C22H31N3O5/c1-22(2,3)30-21(28)24-11-7-10-23(12-13-24)19(26)18-14-25(15-18)20(27)29-16-17-8-5-4-6-9-17/h4-6,8-9,18H,7,10-16H2,1-3H3. The van der Waals surface area contributed by atoms with Crippen LogP contribution in [0.1, 0.15) is 32.8 Å². The van der Waals surface area contributed by atoms with Gasteiger partial charge in [-0.15, -0.1) is 0 Å². The van der Waals surface area contributed by atoms with Gasteiger partial charge in [-0.3, -0.25) is 4.79 Å². The largest absolute Gasteiger partial charge is 0.445 e. The van der Waals surface area contributed by atoms with E-state index >= 15 is 0 Å². The van der Waals surface area contributed by atoms with E-state index in [4.69, 9.17) is 9.47 Å². The molecule has 0 bridgehead atoms. The fraction of sp³-hybridized carbons (Fsp3) is 0.591. The van der Waals surface area contributed by atoms with Crippen LogP contribution < -0.4 is 0 Å². The summed E-state index contributed by atoms with van der Waals surface area (Å²) >= 11 is 0. The quantitative estimate of drug-likeness (QED) is 0.756. The topological polar surface area (TPSA) is 79.4 Å². The van der Waals surface area contributed by atoms with E-state index in [2.05, 4.69) is 0 Å². The van der Waals surface area contributed by atoms with Crippen LogP contribution in [0.15, 0.2) is 30.3 Å². The molecule has 0 radical (unpaired) electrons. The first-order chi connectivity index (χ1) is 14.2. The molecular formula is C22H31N3O5. The molecule has 0 saturated carbocycles. The number of rotatable bonds is 3. The highest BCUT2D eigenvalue weighted by molar-refractivity contribution is 5.82. The molecule has 2 saturated heterocycles. The molecule has 0 aromatic heterocycles. The van der Waals surface area contributed by atoms with E-state index in [0.717, 1.165) is 5.56 Å². The number of carbonyl (C=O) groups is 3. The second-order valence-electron chi connectivity index (χ2n) is 8.79. The number of hydrogen-bond donors (Lipinski definition) is 0. The Hall–Kier alpha value is -2.77. The van der Waals surface area contributed by atoms with Crippen molar-refractivity contribution in [3.63, 3.8) is 0 Å². The SMILES string of the molecule is CC(C)(C)OC(=O)N1CCCN(C(=O)C2CN(C(=O)OCc3ccccc3)C2)CC1. The van der Waals surface area contributed by atoms with E-state index in [1.807, 2.05) is 51.1 Å². The highest BCUT2D eigenvalue weighted by Gasteiger charge is 2.39. The Labute approximate surface area is 177 Å². The minimum Gasteiger partial charge on any atom is -0.445 e. The molecule has 2 heterocycles. The molecule has 0 atom stereocenters. The molecule has 2 fully saturated rings. The average molecular weight is 418 g/mol. The number of carbonyl (C=O) groups excluding carboxylic acids is 3. The second-order valence-corrected chi connectivity index (χ2v) is 8.79. The lowest BCUT2D eigenvalue weighted by molar-refractivity contribution is -0.140. The molecule has 30 heavy (non-hydrogen) atoms. The van der Waals surface area contributed by atoms with E-state index < -0.39 is 11.7 Å². The third kappa shape index (κ3) is 5.87. The van der Waals surface area contributed by atoms with Crippen molar-refractivity contribution in [2.24, 2.45) is 5.92 Å². The van der Waals surface area contributed by atoms with Crippen LogP contribution in [-0.4, -0.2) is 77.7 Å². The van der Waals surface area contributed by atoms with E-state index in [1.165, 1.54) is 0 Å². The van der Waals surface area contributed by atoms with E-state index in [1.54, 1.807) is 14.7 Å². The molecule has 1 aromatic carbocycles. The van der Waals surface area contributed by atoms with Gasteiger partial charge in [0.15, 0.2) is 0 Å². The molecule has 3 amide bonds. The summed E-state index contributed by atoms with van der Waals surface area (Å²) in [5.74, 6) is -0.171. The summed E-state index contributed by atoms with van der Waals surface area (Å²) < 4.78 is 10.7. The summed E-state index contributed by atoms with van der Waals surface area (Å²) in [5.41, 5.74) is 0.391. The van der Waals surface area contributed by atoms with Crippen LogP contribution in [0.25, 0.3) is 0 Å². The minimum atomic E-state index is -0.538. The first-order valence-corrected chi connectivity index (χ1v) is 10.5. The molecular weight excluding hydrogens is 386 g/mol. The molecule has 8 heteroatoms. The van der Waals surface area contributed by atoms with Gasteiger partial charge in [0.1, 0.15) is 12.2 Å². The maximum Gasteiger partial charge on any atom is 0.410 e. The molecule has 1 aromatic rings. The maximum atomic E-state index is 12.8. The van der Waals surface area contributed by atoms with Gasteiger partial charge in [-0.05, 0) is 32.8 Å². The highest BCUT2D eigenvalue weighted by Crippen LogP contribution is 2.21. The van der Waals surface area contributed by atoms with Crippen LogP contribution in [0.2, 0.25) is 0 Å². The molecule has 0 aliphatic carbocycles. The summed E-state index contributed by atoms with van der Waals surface area (Å²) in [5, 5.41) is 0. The van der Waals surface area contributed by atoms with E-state index in [0.29, 0.717) is 45.7 Å². The molecule has 3 rings (SSSR count). The van der Waals surface area contributed by atoms with Crippen LogP contribution in [0.4, 0.5) is 9.59 Å². The van der Waals surface area contributed by atoms with Crippen LogP contribution in [-0.2, 0) is 20.9 Å². The van der Waals surface area contributed by atoms with Crippen molar-refractivity contribution < 1.29 is 23.9 Å². The number of likely N-dealkylation sites (tertiary alicyclic amines) is 1. The molecule has 2 aliphatic heterocycles. The van der Waals surface area contributed by atoms with Crippen molar-refractivity contribution in [3.8, 4) is 0 Å². The van der Waals surface area contributed by atoms with Gasteiger partial charge in [0.05, 0.1) is 5.92 Å². The van der Waals surface area contributed by atoms with Crippen molar-refractivity contribution in [3.05, 3.63) is 35.9 Å². The Morgan fingerprint density at radius 1 is 0.900 bits per heavy atom. The molecule has 164 valence electrons. The van der Waals surface area contributed by atoms with Gasteiger partial charge in [-0.25, -0.2) is 9.59 Å². The Kier molecular flexibility index (Phi) is 6.84. The van der Waals surface area contributed by atoms with Crippen molar-refractivity contribution in [1.82, 2.24) is 14.7 Å². The fourth-order valence-electron chi connectivity index (χ4n) is 3.50. The summed E-state index contributed by atoms with van der Waals surface area (Å²) in [7, 11) is 0. The highest BCUT2D eigenvalue weighted by atomic mass is 16.6. The van der Waals surface area contributed by atoms with Crippen molar-refractivity contribution in [2.45, 2.75) is 39.4 Å². The first kappa shape index (κ1) is 21.9. The number of ether oxygens (including phenoxy) is 2. The lowest BCUT2D eigenvalue weighted by Crippen LogP contribution is -2.56. The maximum absolute atomic E-state index is 12.8. The van der Waals surface area contributed by atoms with Crippen molar-refractivity contribution >= 4 is 18.1 Å². The zero-order valence-corrected chi connectivity index (χ0v) is 18.0. The normalized spacial score (nSPS) is 17.8. The zero-order valence-electron chi connectivity index (χ0n) is 18.0. The third-order valence-corrected chi connectivity index (χ3v) is 5.15. The summed E-state index contributed by atoms with van der Waals surface area (Å²) in [4.78, 5) is 42.2.